The number of H-pyrrole nitrogens is 1. The van der Waals surface area contributed by atoms with Crippen molar-refractivity contribution in [3.8, 4) is 5.75 Å². The molecule has 3 heteroatoms. The van der Waals surface area contributed by atoms with E-state index in [-0.39, 0.29) is 1.43 Å². The Morgan fingerprint density at radius 1 is 1.30 bits per heavy atom. The van der Waals surface area contributed by atoms with Gasteiger partial charge in [0.05, 0.1) is 7.11 Å². The van der Waals surface area contributed by atoms with E-state index in [1.165, 1.54) is 10.9 Å². The predicted octanol–water partition coefficient (Wildman–Crippen LogP) is 3.64. The normalized spacial score (nSPS) is 10.9. The first-order valence-corrected chi connectivity index (χ1v) is 6.86. The van der Waals surface area contributed by atoms with Crippen LogP contribution in [0.5, 0.6) is 5.75 Å². The molecule has 1 heterocycles. The van der Waals surface area contributed by atoms with Crippen LogP contribution in [0.15, 0.2) is 49.7 Å². The molecule has 3 nitrogen and oxygen atoms in total. The second-order valence-electron chi connectivity index (χ2n) is 4.81. The lowest BCUT2D eigenvalue weighted by Gasteiger charge is -2.18. The van der Waals surface area contributed by atoms with Gasteiger partial charge in [-0.3, -0.25) is 4.90 Å². The van der Waals surface area contributed by atoms with Crippen LogP contribution in [0.25, 0.3) is 10.9 Å². The Morgan fingerprint density at radius 3 is 2.70 bits per heavy atom. The number of nitrogens with one attached hydrogen (secondary N) is 1. The summed E-state index contributed by atoms with van der Waals surface area (Å²) in [7, 11) is 1.70. The first kappa shape index (κ1) is 14.4. The first-order valence-electron chi connectivity index (χ1n) is 6.86. The van der Waals surface area contributed by atoms with Gasteiger partial charge in [0.15, 0.2) is 0 Å². The molecular weight excluding hydrogens is 248 g/mol. The minimum atomic E-state index is 0. The highest BCUT2D eigenvalue weighted by Gasteiger charge is 2.07. The second kappa shape index (κ2) is 6.96. The maximum atomic E-state index is 5.30. The van der Waals surface area contributed by atoms with Gasteiger partial charge in [0.2, 0.25) is 0 Å². The van der Waals surface area contributed by atoms with Crippen molar-refractivity contribution in [1.82, 2.24) is 9.88 Å². The second-order valence-corrected chi connectivity index (χ2v) is 4.81. The number of rotatable bonds is 8. The fourth-order valence-electron chi connectivity index (χ4n) is 2.39. The van der Waals surface area contributed by atoms with Gasteiger partial charge in [0, 0.05) is 38.2 Å². The van der Waals surface area contributed by atoms with Crippen LogP contribution in [0, 0.1) is 0 Å². The van der Waals surface area contributed by atoms with Crippen molar-refractivity contribution in [2.45, 2.75) is 6.42 Å². The van der Waals surface area contributed by atoms with Crippen LogP contribution in [-0.2, 0) is 6.42 Å². The van der Waals surface area contributed by atoms with Crippen molar-refractivity contribution in [1.29, 1.82) is 0 Å². The average Bonchev–Trinajstić information content (AvgIpc) is 2.87. The van der Waals surface area contributed by atoms with Gasteiger partial charge < -0.3 is 9.72 Å². The summed E-state index contributed by atoms with van der Waals surface area (Å²) in [4.78, 5) is 5.63. The average molecular weight is 272 g/mol. The van der Waals surface area contributed by atoms with Crippen LogP contribution < -0.4 is 4.74 Å². The van der Waals surface area contributed by atoms with Crippen molar-refractivity contribution in [3.63, 3.8) is 0 Å². The summed E-state index contributed by atoms with van der Waals surface area (Å²) in [5.74, 6) is 0.896. The Kier molecular flexibility index (Phi) is 5.02. The van der Waals surface area contributed by atoms with E-state index in [2.05, 4.69) is 41.4 Å². The van der Waals surface area contributed by atoms with Crippen LogP contribution in [0.3, 0.4) is 0 Å². The molecule has 2 rings (SSSR count). The highest BCUT2D eigenvalue weighted by Crippen LogP contribution is 2.24. The maximum absolute atomic E-state index is 5.30. The third-order valence-corrected chi connectivity index (χ3v) is 3.45. The number of hydrogen-bond donors (Lipinski definition) is 1. The van der Waals surface area contributed by atoms with Crippen LogP contribution in [0.4, 0.5) is 0 Å². The molecule has 0 aliphatic rings. The van der Waals surface area contributed by atoms with E-state index in [9.17, 15) is 0 Å². The number of hydrogen-bond acceptors (Lipinski definition) is 2. The molecule has 0 fully saturated rings. The van der Waals surface area contributed by atoms with Crippen molar-refractivity contribution in [2.75, 3.05) is 26.7 Å². The summed E-state index contributed by atoms with van der Waals surface area (Å²) < 4.78 is 5.30. The molecule has 1 aromatic carbocycles. The number of benzene rings is 1. The molecular formula is C17H24N2O. The highest BCUT2D eigenvalue weighted by atomic mass is 16.5. The van der Waals surface area contributed by atoms with E-state index < -0.39 is 0 Å². The number of aromatic amines is 1. The topological polar surface area (TPSA) is 28.3 Å². The number of aromatic nitrogens is 1. The van der Waals surface area contributed by atoms with Crippen LogP contribution in [-0.4, -0.2) is 36.6 Å². The summed E-state index contributed by atoms with van der Waals surface area (Å²) in [6, 6.07) is 6.12. The van der Waals surface area contributed by atoms with E-state index >= 15 is 0 Å². The molecule has 0 aliphatic carbocycles. The zero-order valence-electron chi connectivity index (χ0n) is 12.1. The summed E-state index contributed by atoms with van der Waals surface area (Å²) in [6.45, 7) is 10.4. The SMILES string of the molecule is C=CCN(CC=C)CCc1c[nH]c2ccc(OC)cc12.[HH]. The van der Waals surface area contributed by atoms with Gasteiger partial charge in [-0.1, -0.05) is 12.2 Å². The van der Waals surface area contributed by atoms with Gasteiger partial charge in [0.25, 0.3) is 0 Å². The Hall–Kier alpha value is -2.00. The van der Waals surface area contributed by atoms with Gasteiger partial charge in [-0.25, -0.2) is 0 Å². The molecule has 0 spiro atoms. The molecule has 0 bridgehead atoms. The molecule has 1 aromatic heterocycles. The molecule has 0 amide bonds. The first-order chi connectivity index (χ1) is 9.78. The fourth-order valence-corrected chi connectivity index (χ4v) is 2.39. The quantitative estimate of drug-likeness (QED) is 0.743. The number of ether oxygens (including phenoxy) is 1. The smallest absolute Gasteiger partial charge is 0.119 e. The lowest BCUT2D eigenvalue weighted by molar-refractivity contribution is 0.340. The summed E-state index contributed by atoms with van der Waals surface area (Å²) in [5.41, 5.74) is 2.47. The number of methoxy groups -OCH3 is 1. The van der Waals surface area contributed by atoms with Crippen molar-refractivity contribution in [2.24, 2.45) is 0 Å². The Bertz CT molecular complexity index is 581. The standard InChI is InChI=1S/C17H22N2O.H2/c1-4-9-19(10-5-2)11-8-14-13-18-17-7-6-15(20-3)12-16(14)17;/h4-7,12-13,18H,1-2,8-11H2,3H3;1H. The molecule has 0 aliphatic heterocycles. The Balaban J connectivity index is 0.00000220. The van der Waals surface area contributed by atoms with Gasteiger partial charge in [-0.15, -0.1) is 13.2 Å². The van der Waals surface area contributed by atoms with Crippen molar-refractivity contribution >= 4 is 10.9 Å². The predicted molar refractivity (Wildman–Crippen MR) is 87.5 cm³/mol. The fraction of sp³-hybridized carbons (Fsp3) is 0.294. The molecule has 0 saturated heterocycles. The largest absolute Gasteiger partial charge is 0.497 e. The summed E-state index contributed by atoms with van der Waals surface area (Å²) in [5, 5.41) is 1.24. The molecule has 2 aromatic rings. The van der Waals surface area contributed by atoms with E-state index in [1.807, 2.05) is 18.2 Å². The summed E-state index contributed by atoms with van der Waals surface area (Å²) in [6.07, 6.45) is 6.95. The van der Waals surface area contributed by atoms with Gasteiger partial charge in [-0.2, -0.15) is 0 Å². The molecule has 108 valence electrons. The van der Waals surface area contributed by atoms with Crippen LogP contribution >= 0.6 is 0 Å². The molecule has 0 atom stereocenters. The number of fused-ring (bicyclic) bond motifs is 1. The molecule has 1 N–H and O–H groups in total. The van der Waals surface area contributed by atoms with Crippen molar-refractivity contribution in [3.05, 3.63) is 55.3 Å². The van der Waals surface area contributed by atoms with E-state index in [0.717, 1.165) is 37.3 Å². The number of nitrogens with zero attached hydrogens (tertiary/aromatic N) is 1. The molecule has 20 heavy (non-hydrogen) atoms. The minimum absolute atomic E-state index is 0. The van der Waals surface area contributed by atoms with E-state index in [0.29, 0.717) is 0 Å². The third kappa shape index (κ3) is 3.31. The lowest BCUT2D eigenvalue weighted by atomic mass is 10.1. The van der Waals surface area contributed by atoms with Crippen LogP contribution in [0.1, 0.15) is 6.99 Å². The van der Waals surface area contributed by atoms with Crippen LogP contribution in [0.2, 0.25) is 0 Å². The maximum Gasteiger partial charge on any atom is 0.119 e. The van der Waals surface area contributed by atoms with Gasteiger partial charge in [-0.05, 0) is 30.2 Å². The zero-order chi connectivity index (χ0) is 14.4. The third-order valence-electron chi connectivity index (χ3n) is 3.45. The van der Waals surface area contributed by atoms with E-state index in [1.54, 1.807) is 7.11 Å². The van der Waals surface area contributed by atoms with Crippen molar-refractivity contribution < 1.29 is 6.16 Å². The minimum Gasteiger partial charge on any atom is -0.497 e. The van der Waals surface area contributed by atoms with Gasteiger partial charge >= 0.3 is 0 Å². The Morgan fingerprint density at radius 2 is 2.05 bits per heavy atom. The monoisotopic (exact) mass is 272 g/mol. The lowest BCUT2D eigenvalue weighted by Crippen LogP contribution is -2.26. The molecule has 0 saturated carbocycles. The molecule has 0 unspecified atom stereocenters. The highest BCUT2D eigenvalue weighted by molar-refractivity contribution is 5.84. The Labute approximate surface area is 122 Å². The van der Waals surface area contributed by atoms with Gasteiger partial charge in [0.1, 0.15) is 5.75 Å². The summed E-state index contributed by atoms with van der Waals surface area (Å²) >= 11 is 0. The zero-order valence-corrected chi connectivity index (χ0v) is 12.1. The molecule has 0 radical (unpaired) electrons. The van der Waals surface area contributed by atoms with E-state index in [4.69, 9.17) is 4.74 Å².